The Morgan fingerprint density at radius 1 is 1.24 bits per heavy atom. The number of amides is 1. The van der Waals surface area contributed by atoms with Gasteiger partial charge in [0.2, 0.25) is 0 Å². The van der Waals surface area contributed by atoms with Crippen LogP contribution in [-0.4, -0.2) is 16.4 Å². The minimum Gasteiger partial charge on any atom is -0.336 e. The number of rotatable bonds is 2. The van der Waals surface area contributed by atoms with Crippen molar-refractivity contribution in [2.24, 2.45) is 0 Å². The van der Waals surface area contributed by atoms with Crippen molar-refractivity contribution < 1.29 is 4.79 Å². The summed E-state index contributed by atoms with van der Waals surface area (Å²) in [4.78, 5) is 16.8. The van der Waals surface area contributed by atoms with Crippen LogP contribution in [0.25, 0.3) is 10.9 Å². The van der Waals surface area contributed by atoms with Gasteiger partial charge >= 0.3 is 0 Å². The van der Waals surface area contributed by atoms with Crippen LogP contribution in [0.4, 0.5) is 0 Å². The molecule has 21 heavy (non-hydrogen) atoms. The fraction of sp³-hybridized carbons (Fsp3) is 0.333. The second-order valence-corrected chi connectivity index (χ2v) is 5.66. The number of hydrogen-bond donors (Lipinski definition) is 1. The van der Waals surface area contributed by atoms with Crippen molar-refractivity contribution >= 4 is 16.8 Å². The number of carbonyl (C=O) groups excluding carboxylic acids is 1. The van der Waals surface area contributed by atoms with Crippen LogP contribution in [0.2, 0.25) is 0 Å². The van der Waals surface area contributed by atoms with Crippen molar-refractivity contribution in [2.45, 2.75) is 37.6 Å². The summed E-state index contributed by atoms with van der Waals surface area (Å²) in [6.45, 7) is 0. The average molecular weight is 278 g/mol. The monoisotopic (exact) mass is 278 g/mol. The Kier molecular flexibility index (Phi) is 3.62. The van der Waals surface area contributed by atoms with Gasteiger partial charge < -0.3 is 5.32 Å². The summed E-state index contributed by atoms with van der Waals surface area (Å²) < 4.78 is 0. The van der Waals surface area contributed by atoms with Crippen LogP contribution < -0.4 is 5.32 Å². The van der Waals surface area contributed by atoms with Crippen LogP contribution in [0.3, 0.4) is 0 Å². The third kappa shape index (κ3) is 2.75. The van der Waals surface area contributed by atoms with E-state index >= 15 is 0 Å². The van der Waals surface area contributed by atoms with E-state index < -0.39 is 5.54 Å². The van der Waals surface area contributed by atoms with Gasteiger partial charge in [-0.25, -0.2) is 0 Å². The lowest BCUT2D eigenvalue weighted by atomic mass is 9.82. The third-order valence-corrected chi connectivity index (χ3v) is 4.19. The number of terminal acetylenes is 1. The SMILES string of the molecule is C#CC1(NC(=O)c2cnc3ccccc3c2)CCCCC1. The summed E-state index contributed by atoms with van der Waals surface area (Å²) in [6, 6.07) is 9.63. The number of pyridine rings is 1. The van der Waals surface area contributed by atoms with E-state index in [4.69, 9.17) is 6.42 Å². The van der Waals surface area contributed by atoms with Crippen LogP contribution >= 0.6 is 0 Å². The van der Waals surface area contributed by atoms with Gasteiger partial charge in [-0.3, -0.25) is 9.78 Å². The van der Waals surface area contributed by atoms with Gasteiger partial charge in [0.15, 0.2) is 0 Å². The van der Waals surface area contributed by atoms with Gasteiger partial charge in [0.25, 0.3) is 5.91 Å². The summed E-state index contributed by atoms with van der Waals surface area (Å²) in [7, 11) is 0. The second-order valence-electron chi connectivity index (χ2n) is 5.66. The Morgan fingerprint density at radius 3 is 2.76 bits per heavy atom. The highest BCUT2D eigenvalue weighted by atomic mass is 16.1. The number of para-hydroxylation sites is 1. The van der Waals surface area contributed by atoms with Gasteiger partial charge in [-0.2, -0.15) is 0 Å². The van der Waals surface area contributed by atoms with Crippen molar-refractivity contribution in [1.29, 1.82) is 0 Å². The fourth-order valence-corrected chi connectivity index (χ4v) is 2.95. The molecule has 0 atom stereocenters. The van der Waals surface area contributed by atoms with Crippen molar-refractivity contribution in [2.75, 3.05) is 0 Å². The summed E-state index contributed by atoms with van der Waals surface area (Å²) in [5.74, 6) is 2.67. The van der Waals surface area contributed by atoms with E-state index in [0.717, 1.165) is 36.6 Å². The first-order valence-corrected chi connectivity index (χ1v) is 7.38. The summed E-state index contributed by atoms with van der Waals surface area (Å²) in [5, 5.41) is 4.01. The molecule has 1 fully saturated rings. The molecular weight excluding hydrogens is 260 g/mol. The highest BCUT2D eigenvalue weighted by Gasteiger charge is 2.31. The lowest BCUT2D eigenvalue weighted by Crippen LogP contribution is -2.48. The molecule has 3 nitrogen and oxygen atoms in total. The molecule has 1 aromatic carbocycles. The van der Waals surface area contributed by atoms with Crippen LogP contribution in [-0.2, 0) is 0 Å². The van der Waals surface area contributed by atoms with Gasteiger partial charge in [-0.1, -0.05) is 43.4 Å². The third-order valence-electron chi connectivity index (χ3n) is 4.19. The Balaban J connectivity index is 1.85. The first-order valence-electron chi connectivity index (χ1n) is 7.38. The zero-order chi connectivity index (χ0) is 14.7. The lowest BCUT2D eigenvalue weighted by Gasteiger charge is -2.33. The van der Waals surface area contributed by atoms with E-state index in [1.807, 2.05) is 30.3 Å². The molecule has 106 valence electrons. The molecule has 0 bridgehead atoms. The molecule has 0 unspecified atom stereocenters. The van der Waals surface area contributed by atoms with Gasteiger partial charge in [0, 0.05) is 11.6 Å². The first-order chi connectivity index (χ1) is 10.2. The number of benzene rings is 1. The summed E-state index contributed by atoms with van der Waals surface area (Å²) in [5.41, 5.74) is 0.966. The fourth-order valence-electron chi connectivity index (χ4n) is 2.95. The van der Waals surface area contributed by atoms with Gasteiger partial charge in [-0.15, -0.1) is 6.42 Å². The molecule has 1 aliphatic rings. The van der Waals surface area contributed by atoms with E-state index in [-0.39, 0.29) is 5.91 Å². The highest BCUT2D eigenvalue weighted by Crippen LogP contribution is 2.28. The molecule has 3 heteroatoms. The Labute approximate surface area is 124 Å². The summed E-state index contributed by atoms with van der Waals surface area (Å²) >= 11 is 0. The Bertz CT molecular complexity index is 708. The normalized spacial score (nSPS) is 17.1. The number of hydrogen-bond acceptors (Lipinski definition) is 2. The van der Waals surface area contributed by atoms with Crippen molar-refractivity contribution in [1.82, 2.24) is 10.3 Å². The number of fused-ring (bicyclic) bond motifs is 1. The first kappa shape index (κ1) is 13.6. The maximum atomic E-state index is 12.5. The van der Waals surface area contributed by atoms with Crippen LogP contribution in [0.5, 0.6) is 0 Å². The Hall–Kier alpha value is -2.34. The van der Waals surface area contributed by atoms with E-state index in [2.05, 4.69) is 16.2 Å². The van der Waals surface area contributed by atoms with Gasteiger partial charge in [0.1, 0.15) is 5.54 Å². The largest absolute Gasteiger partial charge is 0.336 e. The maximum Gasteiger partial charge on any atom is 0.254 e. The number of nitrogens with zero attached hydrogens (tertiary/aromatic N) is 1. The second kappa shape index (κ2) is 5.57. The van der Waals surface area contributed by atoms with E-state index in [1.165, 1.54) is 6.42 Å². The van der Waals surface area contributed by atoms with Crippen molar-refractivity contribution in [3.63, 3.8) is 0 Å². The van der Waals surface area contributed by atoms with E-state index in [1.54, 1.807) is 6.20 Å². The Morgan fingerprint density at radius 2 is 2.00 bits per heavy atom. The average Bonchev–Trinajstić information content (AvgIpc) is 2.55. The van der Waals surface area contributed by atoms with Crippen LogP contribution in [0.1, 0.15) is 42.5 Å². The molecule has 1 amide bonds. The van der Waals surface area contributed by atoms with Crippen molar-refractivity contribution in [3.8, 4) is 12.3 Å². The molecule has 1 N–H and O–H groups in total. The topological polar surface area (TPSA) is 42.0 Å². The number of nitrogens with one attached hydrogen (secondary N) is 1. The molecule has 0 spiro atoms. The smallest absolute Gasteiger partial charge is 0.254 e. The predicted molar refractivity (Wildman–Crippen MR) is 83.9 cm³/mol. The predicted octanol–water partition coefficient (Wildman–Crippen LogP) is 3.30. The molecular formula is C18H18N2O. The van der Waals surface area contributed by atoms with Crippen LogP contribution in [0, 0.1) is 12.3 Å². The lowest BCUT2D eigenvalue weighted by molar-refractivity contribution is 0.0903. The van der Waals surface area contributed by atoms with Crippen LogP contribution in [0.15, 0.2) is 36.5 Å². The molecule has 0 saturated heterocycles. The molecule has 3 rings (SSSR count). The zero-order valence-corrected chi connectivity index (χ0v) is 11.9. The standard InChI is InChI=1S/C18H18N2O/c1-2-18(10-6-3-7-11-18)20-17(21)15-12-14-8-4-5-9-16(14)19-13-15/h1,4-5,8-9,12-13H,3,6-7,10-11H2,(H,20,21). The molecule has 1 aliphatic carbocycles. The quantitative estimate of drug-likeness (QED) is 0.856. The zero-order valence-electron chi connectivity index (χ0n) is 11.9. The molecule has 0 radical (unpaired) electrons. The van der Waals surface area contributed by atoms with Crippen molar-refractivity contribution in [3.05, 3.63) is 42.1 Å². The molecule has 1 heterocycles. The minimum absolute atomic E-state index is 0.131. The number of aromatic nitrogens is 1. The summed E-state index contributed by atoms with van der Waals surface area (Å²) in [6.07, 6.45) is 12.3. The van der Waals surface area contributed by atoms with Gasteiger partial charge in [-0.05, 0) is 25.0 Å². The van der Waals surface area contributed by atoms with Gasteiger partial charge in [0.05, 0.1) is 11.1 Å². The number of carbonyl (C=O) groups is 1. The highest BCUT2D eigenvalue weighted by molar-refractivity contribution is 5.97. The molecule has 1 aromatic heterocycles. The molecule has 2 aromatic rings. The minimum atomic E-state index is -0.485. The van der Waals surface area contributed by atoms with E-state index in [0.29, 0.717) is 5.56 Å². The van der Waals surface area contributed by atoms with E-state index in [9.17, 15) is 4.79 Å². The molecule has 1 saturated carbocycles. The molecule has 0 aliphatic heterocycles. The maximum absolute atomic E-state index is 12.5.